The van der Waals surface area contributed by atoms with Crippen LogP contribution in [0.5, 0.6) is 11.5 Å². The Kier molecular flexibility index (Phi) is 3.47. The van der Waals surface area contributed by atoms with Gasteiger partial charge in [0.05, 0.1) is 0 Å². The summed E-state index contributed by atoms with van der Waals surface area (Å²) in [6.45, 7) is 8.87. The predicted molar refractivity (Wildman–Crippen MR) is 75.8 cm³/mol. The van der Waals surface area contributed by atoms with E-state index in [1.54, 1.807) is 0 Å². The first-order valence-electron chi connectivity index (χ1n) is 6.99. The highest BCUT2D eigenvalue weighted by Crippen LogP contribution is 2.33. The maximum Gasteiger partial charge on any atom is 0.161 e. The van der Waals surface area contributed by atoms with E-state index in [0.717, 1.165) is 31.1 Å². The lowest BCUT2D eigenvalue weighted by molar-refractivity contribution is 0.171. The van der Waals surface area contributed by atoms with Crippen LogP contribution in [0.4, 0.5) is 0 Å². The monoisotopic (exact) mass is 259 g/mol. The number of ether oxygens (including phenoxy) is 2. The highest BCUT2D eigenvalue weighted by molar-refractivity contribution is 5.47. The molecule has 0 aromatic heterocycles. The van der Waals surface area contributed by atoms with Gasteiger partial charge in [-0.2, -0.15) is 0 Å². The van der Waals surface area contributed by atoms with E-state index in [1.807, 2.05) is 0 Å². The van der Waals surface area contributed by atoms with Crippen molar-refractivity contribution in [1.29, 1.82) is 0 Å². The first-order chi connectivity index (χ1) is 9.22. The maximum atomic E-state index is 5.67. The molecule has 0 N–H and O–H groups in total. The molecule has 1 aromatic carbocycles. The number of hydrogen-bond acceptors (Lipinski definition) is 3. The Morgan fingerprint density at radius 2 is 1.84 bits per heavy atom. The number of rotatable bonds is 2. The van der Waals surface area contributed by atoms with Crippen LogP contribution < -0.4 is 9.47 Å². The van der Waals surface area contributed by atoms with Crippen LogP contribution in [0.1, 0.15) is 24.5 Å². The van der Waals surface area contributed by atoms with Crippen LogP contribution in [0.3, 0.4) is 0 Å². The molecule has 3 heteroatoms. The lowest BCUT2D eigenvalue weighted by Crippen LogP contribution is -2.28. The van der Waals surface area contributed by atoms with Gasteiger partial charge in [0.15, 0.2) is 11.5 Å². The Labute approximate surface area is 114 Å². The standard InChI is InChI=1S/C16H21NO2/c1-12-3-5-17(6-4-12)11-14-10-16-15(9-13(14)2)18-7-8-19-16/h3,9-10H,4-8,11H2,1-2H3. The van der Waals surface area contributed by atoms with Crippen molar-refractivity contribution < 1.29 is 9.47 Å². The Morgan fingerprint density at radius 1 is 1.11 bits per heavy atom. The molecule has 3 rings (SSSR count). The minimum Gasteiger partial charge on any atom is -0.486 e. The Bertz CT molecular complexity index is 508. The van der Waals surface area contributed by atoms with Crippen molar-refractivity contribution in [3.05, 3.63) is 34.9 Å². The van der Waals surface area contributed by atoms with Crippen LogP contribution in [-0.4, -0.2) is 31.2 Å². The van der Waals surface area contributed by atoms with Gasteiger partial charge in [0, 0.05) is 19.6 Å². The summed E-state index contributed by atoms with van der Waals surface area (Å²) in [6.07, 6.45) is 3.51. The molecule has 0 bridgehead atoms. The highest BCUT2D eigenvalue weighted by atomic mass is 16.6. The Balaban J connectivity index is 1.77. The zero-order valence-corrected chi connectivity index (χ0v) is 11.7. The average molecular weight is 259 g/mol. The van der Waals surface area contributed by atoms with Crippen molar-refractivity contribution in [3.8, 4) is 11.5 Å². The fourth-order valence-electron chi connectivity index (χ4n) is 2.60. The van der Waals surface area contributed by atoms with Crippen molar-refractivity contribution in [3.63, 3.8) is 0 Å². The zero-order valence-electron chi connectivity index (χ0n) is 11.7. The topological polar surface area (TPSA) is 21.7 Å². The Hall–Kier alpha value is -1.48. The molecular formula is C16H21NO2. The summed E-state index contributed by atoms with van der Waals surface area (Å²) in [6, 6.07) is 4.25. The quantitative estimate of drug-likeness (QED) is 0.762. The van der Waals surface area contributed by atoms with Gasteiger partial charge in [-0.15, -0.1) is 0 Å². The van der Waals surface area contributed by atoms with Crippen LogP contribution >= 0.6 is 0 Å². The van der Waals surface area contributed by atoms with Crippen LogP contribution in [-0.2, 0) is 6.54 Å². The molecule has 0 atom stereocenters. The number of fused-ring (bicyclic) bond motifs is 1. The van der Waals surface area contributed by atoms with Gasteiger partial charge in [-0.25, -0.2) is 0 Å². The summed E-state index contributed by atoms with van der Waals surface area (Å²) >= 11 is 0. The normalized spacial score (nSPS) is 19.2. The van der Waals surface area contributed by atoms with E-state index in [0.29, 0.717) is 13.2 Å². The summed E-state index contributed by atoms with van der Waals surface area (Å²) in [5.41, 5.74) is 4.14. The second-order valence-corrected chi connectivity index (χ2v) is 5.46. The average Bonchev–Trinajstić information content (AvgIpc) is 2.42. The maximum absolute atomic E-state index is 5.67. The van der Waals surface area contributed by atoms with E-state index in [2.05, 4.69) is 37.0 Å². The summed E-state index contributed by atoms with van der Waals surface area (Å²) in [4.78, 5) is 2.48. The van der Waals surface area contributed by atoms with Gasteiger partial charge < -0.3 is 9.47 Å². The molecule has 0 aliphatic carbocycles. The molecule has 0 radical (unpaired) electrons. The molecule has 0 fully saturated rings. The lowest BCUT2D eigenvalue weighted by Gasteiger charge is -2.27. The Morgan fingerprint density at radius 3 is 2.53 bits per heavy atom. The molecule has 0 spiro atoms. The summed E-state index contributed by atoms with van der Waals surface area (Å²) in [5.74, 6) is 1.79. The van der Waals surface area contributed by atoms with Gasteiger partial charge in [-0.05, 0) is 43.5 Å². The smallest absolute Gasteiger partial charge is 0.161 e. The molecule has 2 aliphatic rings. The molecule has 2 heterocycles. The summed E-state index contributed by atoms with van der Waals surface area (Å²) in [5, 5.41) is 0. The van der Waals surface area contributed by atoms with Crippen molar-refractivity contribution in [2.24, 2.45) is 0 Å². The van der Waals surface area contributed by atoms with Crippen molar-refractivity contribution >= 4 is 0 Å². The molecule has 0 saturated carbocycles. The third-order valence-corrected chi connectivity index (χ3v) is 3.92. The van der Waals surface area contributed by atoms with E-state index in [4.69, 9.17) is 9.47 Å². The van der Waals surface area contributed by atoms with Gasteiger partial charge in [0.2, 0.25) is 0 Å². The van der Waals surface area contributed by atoms with Crippen molar-refractivity contribution in [2.45, 2.75) is 26.8 Å². The van der Waals surface area contributed by atoms with Gasteiger partial charge in [-0.3, -0.25) is 4.90 Å². The van der Waals surface area contributed by atoms with E-state index in [-0.39, 0.29) is 0 Å². The van der Waals surface area contributed by atoms with Gasteiger partial charge >= 0.3 is 0 Å². The van der Waals surface area contributed by atoms with Gasteiger partial charge in [-0.1, -0.05) is 11.6 Å². The number of aryl methyl sites for hydroxylation is 1. The molecule has 0 saturated heterocycles. The van der Waals surface area contributed by atoms with E-state index in [1.165, 1.54) is 23.1 Å². The minimum atomic E-state index is 0.654. The lowest BCUT2D eigenvalue weighted by atomic mass is 10.0. The molecule has 0 unspecified atom stereocenters. The molecule has 19 heavy (non-hydrogen) atoms. The van der Waals surface area contributed by atoms with Crippen LogP contribution in [0, 0.1) is 6.92 Å². The minimum absolute atomic E-state index is 0.654. The molecule has 2 aliphatic heterocycles. The molecule has 1 aromatic rings. The second kappa shape index (κ2) is 5.25. The number of benzene rings is 1. The third-order valence-electron chi connectivity index (χ3n) is 3.92. The first-order valence-corrected chi connectivity index (χ1v) is 6.99. The van der Waals surface area contributed by atoms with E-state index >= 15 is 0 Å². The van der Waals surface area contributed by atoms with Gasteiger partial charge in [0.1, 0.15) is 13.2 Å². The third kappa shape index (κ3) is 2.76. The number of hydrogen-bond donors (Lipinski definition) is 0. The van der Waals surface area contributed by atoms with Crippen LogP contribution in [0.25, 0.3) is 0 Å². The SMILES string of the molecule is CC1=CCN(Cc2cc3c(cc2C)OCCO3)CC1. The largest absolute Gasteiger partial charge is 0.486 e. The fraction of sp³-hybridized carbons (Fsp3) is 0.500. The zero-order chi connectivity index (χ0) is 13.2. The predicted octanol–water partition coefficient (Wildman–Crippen LogP) is 2.92. The molecular weight excluding hydrogens is 238 g/mol. The molecule has 3 nitrogen and oxygen atoms in total. The van der Waals surface area contributed by atoms with Crippen molar-refractivity contribution in [2.75, 3.05) is 26.3 Å². The van der Waals surface area contributed by atoms with Gasteiger partial charge in [0.25, 0.3) is 0 Å². The highest BCUT2D eigenvalue weighted by Gasteiger charge is 2.16. The molecule has 0 amide bonds. The van der Waals surface area contributed by atoms with E-state index in [9.17, 15) is 0 Å². The van der Waals surface area contributed by atoms with Crippen LogP contribution in [0.2, 0.25) is 0 Å². The summed E-state index contributed by atoms with van der Waals surface area (Å²) in [7, 11) is 0. The van der Waals surface area contributed by atoms with Crippen LogP contribution in [0.15, 0.2) is 23.8 Å². The fourth-order valence-corrected chi connectivity index (χ4v) is 2.60. The summed E-state index contributed by atoms with van der Waals surface area (Å²) < 4.78 is 11.3. The second-order valence-electron chi connectivity index (χ2n) is 5.46. The molecule has 102 valence electrons. The van der Waals surface area contributed by atoms with Crippen molar-refractivity contribution in [1.82, 2.24) is 4.90 Å². The first kappa shape index (κ1) is 12.5. The van der Waals surface area contributed by atoms with E-state index < -0.39 is 0 Å². The number of nitrogens with zero attached hydrogens (tertiary/aromatic N) is 1.